The van der Waals surface area contributed by atoms with Gasteiger partial charge in [-0.1, -0.05) is 19.3 Å². The van der Waals surface area contributed by atoms with Crippen molar-refractivity contribution in [2.24, 2.45) is 0 Å². The fourth-order valence-corrected chi connectivity index (χ4v) is 3.24. The molecule has 0 spiro atoms. The van der Waals surface area contributed by atoms with Gasteiger partial charge in [-0.25, -0.2) is 0 Å². The number of amides is 1. The average Bonchev–Trinajstić information content (AvgIpc) is 2.62. The highest BCUT2D eigenvalue weighted by Crippen LogP contribution is 2.25. The molecule has 1 N–H and O–H groups in total. The molecule has 0 aromatic heterocycles. The maximum Gasteiger partial charge on any atom is 0.283 e. The van der Waals surface area contributed by atoms with Crippen molar-refractivity contribution >= 4 is 17.9 Å². The van der Waals surface area contributed by atoms with Crippen LogP contribution in [0.1, 0.15) is 68.6 Å². The van der Waals surface area contributed by atoms with E-state index in [4.69, 9.17) is 4.74 Å². The van der Waals surface area contributed by atoms with Crippen LogP contribution in [0, 0.1) is 10.1 Å². The third-order valence-electron chi connectivity index (χ3n) is 4.65. The molecule has 7 heteroatoms. The van der Waals surface area contributed by atoms with E-state index in [2.05, 4.69) is 5.32 Å². The summed E-state index contributed by atoms with van der Waals surface area (Å²) in [6.45, 7) is 1.86. The van der Waals surface area contributed by atoms with E-state index in [1.807, 2.05) is 6.92 Å². The molecule has 1 aliphatic rings. The quantitative estimate of drug-likeness (QED) is 0.409. The summed E-state index contributed by atoms with van der Waals surface area (Å²) in [6.07, 6.45) is 7.85. The maximum absolute atomic E-state index is 12.0. The van der Waals surface area contributed by atoms with E-state index in [9.17, 15) is 19.7 Å². The molecule has 1 atom stereocenters. The molecule has 7 nitrogen and oxygen atoms in total. The Hall–Kier alpha value is -2.44. The van der Waals surface area contributed by atoms with Crippen LogP contribution in [0.25, 0.3) is 0 Å². The van der Waals surface area contributed by atoms with Crippen LogP contribution in [0.4, 0.5) is 5.69 Å². The number of ether oxygens (including phenoxy) is 1. The first-order valence-corrected chi connectivity index (χ1v) is 9.19. The van der Waals surface area contributed by atoms with Crippen molar-refractivity contribution in [1.82, 2.24) is 5.32 Å². The van der Waals surface area contributed by atoms with Crippen LogP contribution in [-0.2, 0) is 4.79 Å². The van der Waals surface area contributed by atoms with E-state index in [0.29, 0.717) is 37.3 Å². The van der Waals surface area contributed by atoms with Crippen LogP contribution in [0.5, 0.6) is 5.75 Å². The highest BCUT2D eigenvalue weighted by molar-refractivity contribution is 5.81. The van der Waals surface area contributed by atoms with E-state index < -0.39 is 4.92 Å². The fraction of sp³-hybridized carbons (Fsp3) is 0.579. The molecule has 1 aromatic carbocycles. The molecule has 0 radical (unpaired) electrons. The molecule has 2 rings (SSSR count). The van der Waals surface area contributed by atoms with Crippen LogP contribution in [0.3, 0.4) is 0 Å². The number of carbonyl (C=O) groups is 2. The topological polar surface area (TPSA) is 98.5 Å². The second kappa shape index (κ2) is 9.89. The first-order valence-electron chi connectivity index (χ1n) is 9.19. The molecular weight excluding hydrogens is 336 g/mol. The van der Waals surface area contributed by atoms with Crippen molar-refractivity contribution in [3.63, 3.8) is 0 Å². The van der Waals surface area contributed by atoms with Gasteiger partial charge in [0.2, 0.25) is 5.91 Å². The molecule has 0 bridgehead atoms. The van der Waals surface area contributed by atoms with Crippen molar-refractivity contribution in [2.45, 2.75) is 70.4 Å². The number of nitro groups is 1. The van der Waals surface area contributed by atoms with Crippen molar-refractivity contribution in [3.05, 3.63) is 33.9 Å². The number of benzene rings is 1. The molecule has 0 saturated heterocycles. The van der Waals surface area contributed by atoms with E-state index in [1.54, 1.807) is 6.07 Å². The summed E-state index contributed by atoms with van der Waals surface area (Å²) in [6, 6.07) is 4.51. The minimum absolute atomic E-state index is 0.0226. The molecule has 1 amide bonds. The zero-order valence-corrected chi connectivity index (χ0v) is 15.1. The zero-order valence-electron chi connectivity index (χ0n) is 15.1. The lowest BCUT2D eigenvalue weighted by Crippen LogP contribution is -2.36. The lowest BCUT2D eigenvalue weighted by Gasteiger charge is -2.22. The average molecular weight is 362 g/mol. The van der Waals surface area contributed by atoms with Crippen molar-refractivity contribution < 1.29 is 19.2 Å². The number of carbonyl (C=O) groups excluding carboxylic acids is 2. The predicted molar refractivity (Wildman–Crippen MR) is 97.4 cm³/mol. The summed E-state index contributed by atoms with van der Waals surface area (Å²) in [5.74, 6) is 0.427. The van der Waals surface area contributed by atoms with Gasteiger partial charge in [0.1, 0.15) is 5.75 Å². The third kappa shape index (κ3) is 6.13. The van der Waals surface area contributed by atoms with Gasteiger partial charge in [-0.05, 0) is 44.7 Å². The minimum atomic E-state index is -0.600. The second-order valence-corrected chi connectivity index (χ2v) is 6.82. The van der Waals surface area contributed by atoms with Crippen LogP contribution in [0.2, 0.25) is 0 Å². The maximum atomic E-state index is 12.0. The summed E-state index contributed by atoms with van der Waals surface area (Å²) in [5, 5.41) is 14.1. The molecule has 142 valence electrons. The van der Waals surface area contributed by atoms with Crippen LogP contribution >= 0.6 is 0 Å². The van der Waals surface area contributed by atoms with E-state index in [0.717, 1.165) is 12.8 Å². The molecule has 1 saturated carbocycles. The van der Waals surface area contributed by atoms with Gasteiger partial charge in [0.05, 0.1) is 22.7 Å². The fourth-order valence-electron chi connectivity index (χ4n) is 3.24. The van der Waals surface area contributed by atoms with Gasteiger partial charge in [-0.15, -0.1) is 0 Å². The molecule has 0 heterocycles. The Kier molecular flexibility index (Phi) is 7.56. The summed E-state index contributed by atoms with van der Waals surface area (Å²) >= 11 is 0. The van der Waals surface area contributed by atoms with Crippen molar-refractivity contribution in [2.75, 3.05) is 0 Å². The molecule has 26 heavy (non-hydrogen) atoms. The van der Waals surface area contributed by atoms with Gasteiger partial charge in [-0.2, -0.15) is 0 Å². The van der Waals surface area contributed by atoms with Crippen molar-refractivity contribution in [1.29, 1.82) is 0 Å². The van der Waals surface area contributed by atoms with Crippen molar-refractivity contribution in [3.8, 4) is 5.75 Å². The number of rotatable bonds is 9. The Balaban J connectivity index is 1.75. The van der Waals surface area contributed by atoms with Gasteiger partial charge < -0.3 is 10.1 Å². The zero-order chi connectivity index (χ0) is 18.9. The summed E-state index contributed by atoms with van der Waals surface area (Å²) in [4.78, 5) is 33.2. The van der Waals surface area contributed by atoms with Gasteiger partial charge in [0, 0.05) is 12.5 Å². The van der Waals surface area contributed by atoms with Gasteiger partial charge >= 0.3 is 0 Å². The lowest BCUT2D eigenvalue weighted by atomic mass is 9.95. The van der Waals surface area contributed by atoms with Crippen LogP contribution in [-0.4, -0.2) is 29.3 Å². The number of hydrogen-bond donors (Lipinski definition) is 1. The molecule has 1 aliphatic carbocycles. The highest BCUT2D eigenvalue weighted by Gasteiger charge is 2.17. The van der Waals surface area contributed by atoms with E-state index in [1.165, 1.54) is 31.4 Å². The van der Waals surface area contributed by atoms with Gasteiger partial charge in [-0.3, -0.25) is 19.7 Å². The standard InChI is InChI=1S/C19H26N2O5/c1-14(6-5-9-19(23)20-16-7-3-2-4-8-16)26-17-11-10-15(13-22)18(12-17)21(24)25/h10-14,16H,2-9H2,1H3,(H,20,23). The number of nitrogens with one attached hydrogen (secondary N) is 1. The van der Waals surface area contributed by atoms with Gasteiger partial charge in [0.25, 0.3) is 5.69 Å². The van der Waals surface area contributed by atoms with Crippen LogP contribution < -0.4 is 10.1 Å². The highest BCUT2D eigenvalue weighted by atomic mass is 16.6. The summed E-state index contributed by atoms with van der Waals surface area (Å²) in [7, 11) is 0. The van der Waals surface area contributed by atoms with E-state index >= 15 is 0 Å². The Labute approximate surface area is 153 Å². The minimum Gasteiger partial charge on any atom is -0.490 e. The molecule has 1 aromatic rings. The SMILES string of the molecule is CC(CCCC(=O)NC1CCCCC1)Oc1ccc(C=O)c([N+](=O)[O-])c1. The molecule has 1 unspecified atom stereocenters. The number of hydrogen-bond acceptors (Lipinski definition) is 5. The summed E-state index contributed by atoms with van der Waals surface area (Å²) in [5.41, 5.74) is -0.244. The van der Waals surface area contributed by atoms with Gasteiger partial charge in [0.15, 0.2) is 6.29 Å². The number of aldehydes is 1. The second-order valence-electron chi connectivity index (χ2n) is 6.82. The largest absolute Gasteiger partial charge is 0.490 e. The Morgan fingerprint density at radius 3 is 2.77 bits per heavy atom. The summed E-state index contributed by atoms with van der Waals surface area (Å²) < 4.78 is 5.68. The monoisotopic (exact) mass is 362 g/mol. The Morgan fingerprint density at radius 1 is 1.38 bits per heavy atom. The normalized spacial score (nSPS) is 15.9. The smallest absolute Gasteiger partial charge is 0.283 e. The molecule has 0 aliphatic heterocycles. The van der Waals surface area contributed by atoms with Crippen LogP contribution in [0.15, 0.2) is 18.2 Å². The molecule has 1 fully saturated rings. The first kappa shape index (κ1) is 19.9. The lowest BCUT2D eigenvalue weighted by molar-refractivity contribution is -0.385. The molecular formula is C19H26N2O5. The van der Waals surface area contributed by atoms with E-state index in [-0.39, 0.29) is 23.3 Å². The Morgan fingerprint density at radius 2 is 2.12 bits per heavy atom. The Bertz CT molecular complexity index is 641. The number of nitro benzene ring substituents is 1. The third-order valence-corrected chi connectivity index (χ3v) is 4.65. The number of nitrogens with zero attached hydrogens (tertiary/aromatic N) is 1. The predicted octanol–water partition coefficient (Wildman–Crippen LogP) is 3.79. The first-order chi connectivity index (χ1) is 12.5.